The minimum Gasteiger partial charge on any atom is -0.491 e. The lowest BCUT2D eigenvalue weighted by Gasteiger charge is -2.30. The zero-order valence-electron chi connectivity index (χ0n) is 15.6. The number of piperidine rings is 1. The van der Waals surface area contributed by atoms with E-state index in [4.69, 9.17) is 4.74 Å². The molecule has 1 saturated heterocycles. The van der Waals surface area contributed by atoms with Crippen molar-refractivity contribution in [2.45, 2.75) is 45.1 Å². The monoisotopic (exact) mass is 360 g/mol. The van der Waals surface area contributed by atoms with Gasteiger partial charge in [-0.3, -0.25) is 14.5 Å². The summed E-state index contributed by atoms with van der Waals surface area (Å²) in [6.45, 7) is 5.72. The molecule has 0 aliphatic carbocycles. The number of carbonyl (C=O) groups excluding carboxylic acids is 2. The fourth-order valence-electron chi connectivity index (χ4n) is 3.86. The van der Waals surface area contributed by atoms with Crippen molar-refractivity contribution in [3.63, 3.8) is 0 Å². The molecule has 6 nitrogen and oxygen atoms in total. The van der Waals surface area contributed by atoms with E-state index >= 15 is 0 Å². The first-order valence-corrected chi connectivity index (χ1v) is 9.78. The highest BCUT2D eigenvalue weighted by Crippen LogP contribution is 2.30. The second-order valence-corrected chi connectivity index (χ2v) is 7.30. The minimum atomic E-state index is -0.114. The van der Waals surface area contributed by atoms with Gasteiger partial charge in [0.25, 0.3) is 0 Å². The number of likely N-dealkylation sites (tertiary alicyclic amines) is 1. The molecule has 0 aromatic heterocycles. The van der Waals surface area contributed by atoms with Crippen LogP contribution in [0.2, 0.25) is 0 Å². The number of ether oxygens (including phenoxy) is 1. The number of anilines is 1. The molecule has 0 spiro atoms. The van der Waals surface area contributed by atoms with Crippen molar-refractivity contribution in [1.82, 2.24) is 5.32 Å². The van der Waals surface area contributed by atoms with Gasteiger partial charge >= 0.3 is 0 Å². The van der Waals surface area contributed by atoms with Crippen LogP contribution in [0.5, 0.6) is 5.75 Å². The van der Waals surface area contributed by atoms with Crippen LogP contribution < -0.4 is 19.9 Å². The number of carbonyl (C=O) groups is 2. The number of benzene rings is 1. The molecule has 0 bridgehead atoms. The molecule has 6 heteroatoms. The molecule has 2 amide bonds. The van der Waals surface area contributed by atoms with Crippen molar-refractivity contribution in [1.29, 1.82) is 0 Å². The molecule has 1 aromatic rings. The van der Waals surface area contributed by atoms with Crippen molar-refractivity contribution in [2.75, 3.05) is 37.7 Å². The van der Waals surface area contributed by atoms with Crippen molar-refractivity contribution in [3.05, 3.63) is 24.3 Å². The van der Waals surface area contributed by atoms with Crippen molar-refractivity contribution < 1.29 is 19.2 Å². The van der Waals surface area contributed by atoms with E-state index in [1.165, 1.54) is 30.7 Å². The van der Waals surface area contributed by atoms with Gasteiger partial charge in [-0.2, -0.15) is 0 Å². The van der Waals surface area contributed by atoms with Gasteiger partial charge < -0.3 is 15.0 Å². The first-order valence-electron chi connectivity index (χ1n) is 9.78. The fraction of sp³-hybridized carbons (Fsp3) is 0.600. The summed E-state index contributed by atoms with van der Waals surface area (Å²) in [6, 6.07) is 8.12. The molecule has 2 aliphatic heterocycles. The van der Waals surface area contributed by atoms with Crippen LogP contribution in [0.3, 0.4) is 0 Å². The Bertz CT molecular complexity index is 634. The van der Waals surface area contributed by atoms with Crippen molar-refractivity contribution >= 4 is 17.5 Å². The van der Waals surface area contributed by atoms with E-state index in [1.54, 1.807) is 4.90 Å². The number of nitrogens with one attached hydrogen (secondary N) is 2. The summed E-state index contributed by atoms with van der Waals surface area (Å²) < 4.78 is 5.61. The van der Waals surface area contributed by atoms with Gasteiger partial charge in [-0.1, -0.05) is 12.1 Å². The van der Waals surface area contributed by atoms with Crippen LogP contribution in [0.4, 0.5) is 5.69 Å². The molecule has 142 valence electrons. The topological polar surface area (TPSA) is 63.1 Å². The molecule has 2 N–H and O–H groups in total. The number of fused-ring (bicyclic) bond motifs is 1. The Kier molecular flexibility index (Phi) is 6.50. The highest BCUT2D eigenvalue weighted by molar-refractivity contribution is 6.00. The van der Waals surface area contributed by atoms with Crippen LogP contribution in [0, 0.1) is 0 Å². The minimum absolute atomic E-state index is 0.0478. The van der Waals surface area contributed by atoms with Gasteiger partial charge in [-0.15, -0.1) is 0 Å². The summed E-state index contributed by atoms with van der Waals surface area (Å²) in [5.74, 6) is 0.474. The molecule has 2 aliphatic rings. The van der Waals surface area contributed by atoms with Gasteiger partial charge in [0, 0.05) is 13.0 Å². The van der Waals surface area contributed by atoms with Gasteiger partial charge in [0.1, 0.15) is 12.3 Å². The average molecular weight is 360 g/mol. The number of para-hydroxylation sites is 2. The summed E-state index contributed by atoms with van der Waals surface area (Å²) in [7, 11) is 0. The van der Waals surface area contributed by atoms with Crippen LogP contribution >= 0.6 is 0 Å². The van der Waals surface area contributed by atoms with Gasteiger partial charge in [0.15, 0.2) is 0 Å². The molecule has 0 saturated carbocycles. The Labute approximate surface area is 155 Å². The fourth-order valence-corrected chi connectivity index (χ4v) is 3.86. The number of amides is 2. The third kappa shape index (κ3) is 4.75. The Morgan fingerprint density at radius 1 is 1.35 bits per heavy atom. The van der Waals surface area contributed by atoms with Crippen molar-refractivity contribution in [2.24, 2.45) is 0 Å². The second kappa shape index (κ2) is 9.03. The van der Waals surface area contributed by atoms with Crippen LogP contribution in [-0.2, 0) is 9.59 Å². The zero-order valence-corrected chi connectivity index (χ0v) is 15.6. The van der Waals surface area contributed by atoms with Gasteiger partial charge in [-0.25, -0.2) is 0 Å². The summed E-state index contributed by atoms with van der Waals surface area (Å²) in [6.07, 6.45) is 5.22. The molecule has 2 atom stereocenters. The normalized spacial score (nSPS) is 23.0. The summed E-state index contributed by atoms with van der Waals surface area (Å²) >= 11 is 0. The Balaban J connectivity index is 1.47. The largest absolute Gasteiger partial charge is 0.491 e. The predicted molar refractivity (Wildman–Crippen MR) is 101 cm³/mol. The molecule has 1 fully saturated rings. The number of hydrogen-bond donors (Lipinski definition) is 2. The molecule has 1 unspecified atom stereocenters. The molecule has 1 aromatic carbocycles. The standard InChI is InChI=1S/C20H29N3O3/c1-16-7-4-5-12-22(16)13-6-11-21-19(24)15-23-17-8-2-3-9-18(17)26-14-10-20(23)25/h2-3,8-9,16H,4-7,10-15H2,1H3,(H,21,24)/p+1/t16-/m1/s1. The molecule has 0 radical (unpaired) electrons. The third-order valence-corrected chi connectivity index (χ3v) is 5.41. The smallest absolute Gasteiger partial charge is 0.240 e. The lowest BCUT2D eigenvalue weighted by Crippen LogP contribution is -3.16. The molecule has 3 rings (SSSR count). The average Bonchev–Trinajstić information content (AvgIpc) is 2.79. The molecule has 26 heavy (non-hydrogen) atoms. The van der Waals surface area contributed by atoms with Gasteiger partial charge in [-0.05, 0) is 38.3 Å². The van der Waals surface area contributed by atoms with E-state index in [0.29, 0.717) is 24.6 Å². The van der Waals surface area contributed by atoms with E-state index < -0.39 is 0 Å². The SMILES string of the molecule is C[C@@H]1CCCC[NH+]1CCCNC(=O)CN1C(=O)CCOc2ccccc21. The number of quaternary nitrogens is 1. The first-order chi connectivity index (χ1) is 12.6. The molecular weight excluding hydrogens is 330 g/mol. The zero-order chi connectivity index (χ0) is 18.4. The first kappa shape index (κ1) is 18.7. The van der Waals surface area contributed by atoms with E-state index in [-0.39, 0.29) is 24.8 Å². The maximum absolute atomic E-state index is 12.3. The van der Waals surface area contributed by atoms with Crippen molar-refractivity contribution in [3.8, 4) is 5.75 Å². The third-order valence-electron chi connectivity index (χ3n) is 5.41. The second-order valence-electron chi connectivity index (χ2n) is 7.30. The van der Waals surface area contributed by atoms with Gasteiger partial charge in [0.05, 0.1) is 37.8 Å². The van der Waals surface area contributed by atoms with Gasteiger partial charge in [0.2, 0.25) is 11.8 Å². The number of nitrogens with zero attached hydrogens (tertiary/aromatic N) is 1. The molecular formula is C20H30N3O3+. The van der Waals surface area contributed by atoms with Crippen LogP contribution in [0.15, 0.2) is 24.3 Å². The summed E-state index contributed by atoms with van der Waals surface area (Å²) in [4.78, 5) is 27.9. The number of rotatable bonds is 6. The van der Waals surface area contributed by atoms with E-state index in [1.807, 2.05) is 24.3 Å². The number of hydrogen-bond acceptors (Lipinski definition) is 3. The Hall–Kier alpha value is -2.08. The lowest BCUT2D eigenvalue weighted by molar-refractivity contribution is -0.928. The Morgan fingerprint density at radius 3 is 3.04 bits per heavy atom. The van der Waals surface area contributed by atoms with E-state index in [2.05, 4.69) is 12.2 Å². The quantitative estimate of drug-likeness (QED) is 0.737. The lowest BCUT2D eigenvalue weighted by atomic mass is 10.0. The van der Waals surface area contributed by atoms with Crippen LogP contribution in [0.1, 0.15) is 39.0 Å². The maximum Gasteiger partial charge on any atom is 0.240 e. The summed E-state index contributed by atoms with van der Waals surface area (Å²) in [5.41, 5.74) is 0.678. The van der Waals surface area contributed by atoms with E-state index in [9.17, 15) is 9.59 Å². The maximum atomic E-state index is 12.3. The summed E-state index contributed by atoms with van der Waals surface area (Å²) in [5, 5.41) is 2.97. The molecule has 2 heterocycles. The Morgan fingerprint density at radius 2 is 2.19 bits per heavy atom. The van der Waals surface area contributed by atoms with Crippen LogP contribution in [-0.4, -0.2) is 50.6 Å². The van der Waals surface area contributed by atoms with Crippen LogP contribution in [0.25, 0.3) is 0 Å². The highest BCUT2D eigenvalue weighted by Gasteiger charge is 2.25. The van der Waals surface area contributed by atoms with E-state index in [0.717, 1.165) is 19.0 Å². The predicted octanol–water partition coefficient (Wildman–Crippen LogP) is 0.766. The highest BCUT2D eigenvalue weighted by atomic mass is 16.5.